The van der Waals surface area contributed by atoms with E-state index in [1.165, 1.54) is 16.4 Å². The molecule has 6 heteroatoms. The number of carboxylic acid groups (broad SMARTS) is 1. The fraction of sp³-hybridized carbons (Fsp3) is 0.235. The fourth-order valence-corrected chi connectivity index (χ4v) is 3.08. The number of benzene rings is 2. The Morgan fingerprint density at radius 2 is 1.65 bits per heavy atom. The Labute approximate surface area is 136 Å². The molecule has 1 N–H and O–H groups in total. The van der Waals surface area contributed by atoms with Gasteiger partial charge in [0.1, 0.15) is 0 Å². The van der Waals surface area contributed by atoms with E-state index in [0.717, 1.165) is 22.9 Å². The summed E-state index contributed by atoms with van der Waals surface area (Å²) >= 11 is 0. The number of anilines is 1. The van der Waals surface area contributed by atoms with Crippen molar-refractivity contribution in [3.05, 3.63) is 64.7 Å². The molecule has 0 spiro atoms. The van der Waals surface area contributed by atoms with Gasteiger partial charge in [-0.15, -0.1) is 0 Å². The van der Waals surface area contributed by atoms with Crippen molar-refractivity contribution in [3.63, 3.8) is 0 Å². The topological polar surface area (TPSA) is 74.7 Å². The van der Waals surface area contributed by atoms with Crippen molar-refractivity contribution in [2.45, 2.75) is 20.4 Å². The second-order valence-corrected chi connectivity index (χ2v) is 7.45. The van der Waals surface area contributed by atoms with Crippen LogP contribution in [0.15, 0.2) is 42.5 Å². The molecular weight excluding hydrogens is 314 g/mol. The Hall–Kier alpha value is -2.34. The molecule has 0 unspecified atom stereocenters. The molecule has 0 radical (unpaired) electrons. The molecule has 0 aliphatic carbocycles. The molecule has 0 saturated carbocycles. The first-order valence-electron chi connectivity index (χ1n) is 7.05. The SMILES string of the molecule is Cc1ccc(N(Cc2ccc(C(=O)O)cc2)S(C)(=O)=O)cc1C. The van der Waals surface area contributed by atoms with Crippen LogP contribution >= 0.6 is 0 Å². The van der Waals surface area contributed by atoms with Gasteiger partial charge in [0.25, 0.3) is 0 Å². The fourth-order valence-electron chi connectivity index (χ4n) is 2.20. The lowest BCUT2D eigenvalue weighted by molar-refractivity contribution is 0.0697. The summed E-state index contributed by atoms with van der Waals surface area (Å²) in [6.07, 6.45) is 1.16. The minimum absolute atomic E-state index is 0.154. The van der Waals surface area contributed by atoms with Gasteiger partial charge in [0, 0.05) is 0 Å². The molecule has 2 aromatic rings. The van der Waals surface area contributed by atoms with Gasteiger partial charge in [-0.2, -0.15) is 0 Å². The molecule has 0 amide bonds. The van der Waals surface area contributed by atoms with Gasteiger partial charge in [-0.3, -0.25) is 4.31 Å². The van der Waals surface area contributed by atoms with Crippen LogP contribution in [0.4, 0.5) is 5.69 Å². The summed E-state index contributed by atoms with van der Waals surface area (Å²) in [5, 5.41) is 8.92. The van der Waals surface area contributed by atoms with Crippen LogP contribution in [0.1, 0.15) is 27.0 Å². The van der Waals surface area contributed by atoms with Gasteiger partial charge in [0.2, 0.25) is 10.0 Å². The van der Waals surface area contributed by atoms with E-state index in [0.29, 0.717) is 5.69 Å². The van der Waals surface area contributed by atoms with Crippen LogP contribution in [0.3, 0.4) is 0 Å². The maximum absolute atomic E-state index is 12.1. The van der Waals surface area contributed by atoms with E-state index in [4.69, 9.17) is 5.11 Å². The third-order valence-electron chi connectivity index (χ3n) is 3.71. The maximum atomic E-state index is 12.1. The van der Waals surface area contributed by atoms with Crippen molar-refractivity contribution in [2.24, 2.45) is 0 Å². The van der Waals surface area contributed by atoms with Crippen LogP contribution in [-0.2, 0) is 16.6 Å². The molecule has 0 saturated heterocycles. The lowest BCUT2D eigenvalue weighted by Gasteiger charge is -2.23. The minimum Gasteiger partial charge on any atom is -0.478 e. The van der Waals surface area contributed by atoms with Crippen LogP contribution in [0.25, 0.3) is 0 Å². The first-order valence-corrected chi connectivity index (χ1v) is 8.90. The zero-order chi connectivity index (χ0) is 17.2. The zero-order valence-electron chi connectivity index (χ0n) is 13.3. The monoisotopic (exact) mass is 333 g/mol. The number of aryl methyl sites for hydroxylation is 2. The smallest absolute Gasteiger partial charge is 0.335 e. The average Bonchev–Trinajstić information content (AvgIpc) is 2.47. The Kier molecular flexibility index (Phi) is 4.75. The number of carbonyl (C=O) groups is 1. The number of nitrogens with zero attached hydrogens (tertiary/aromatic N) is 1. The predicted octanol–water partition coefficient (Wildman–Crippen LogP) is 2.97. The van der Waals surface area contributed by atoms with Gasteiger partial charge in [-0.25, -0.2) is 13.2 Å². The Morgan fingerprint density at radius 3 is 2.13 bits per heavy atom. The van der Waals surface area contributed by atoms with Crippen molar-refractivity contribution >= 4 is 21.7 Å². The molecular formula is C17H19NO4S. The van der Waals surface area contributed by atoms with Crippen LogP contribution in [0.2, 0.25) is 0 Å². The molecule has 0 atom stereocenters. The lowest BCUT2D eigenvalue weighted by atomic mass is 10.1. The first kappa shape index (κ1) is 17.0. The van der Waals surface area contributed by atoms with Gasteiger partial charge < -0.3 is 5.11 Å². The second kappa shape index (κ2) is 6.42. The summed E-state index contributed by atoms with van der Waals surface area (Å²) in [6, 6.07) is 11.7. The number of rotatable bonds is 5. The number of carboxylic acids is 1. The highest BCUT2D eigenvalue weighted by atomic mass is 32.2. The number of aromatic carboxylic acids is 1. The van der Waals surface area contributed by atoms with E-state index in [9.17, 15) is 13.2 Å². The molecule has 5 nitrogen and oxygen atoms in total. The van der Waals surface area contributed by atoms with Crippen molar-refractivity contribution in [1.82, 2.24) is 0 Å². The predicted molar refractivity (Wildman–Crippen MR) is 90.3 cm³/mol. The van der Waals surface area contributed by atoms with Crippen molar-refractivity contribution < 1.29 is 18.3 Å². The Bertz CT molecular complexity index is 826. The van der Waals surface area contributed by atoms with Gasteiger partial charge >= 0.3 is 5.97 Å². The molecule has 0 aliphatic rings. The van der Waals surface area contributed by atoms with Crippen LogP contribution < -0.4 is 4.31 Å². The zero-order valence-corrected chi connectivity index (χ0v) is 14.1. The molecule has 23 heavy (non-hydrogen) atoms. The average molecular weight is 333 g/mol. The standard InChI is InChI=1S/C17H19NO4S/c1-12-4-9-16(10-13(12)2)18(23(3,21)22)11-14-5-7-15(8-6-14)17(19)20/h4-10H,11H2,1-3H3,(H,19,20). The normalized spacial score (nSPS) is 11.3. The van der Waals surface area contributed by atoms with E-state index < -0.39 is 16.0 Å². The summed E-state index contributed by atoms with van der Waals surface area (Å²) < 4.78 is 25.6. The van der Waals surface area contributed by atoms with E-state index in [-0.39, 0.29) is 12.1 Å². The summed E-state index contributed by atoms with van der Waals surface area (Å²) in [5.74, 6) is -1.01. The van der Waals surface area contributed by atoms with Gasteiger partial charge in [0.05, 0.1) is 24.1 Å². The third kappa shape index (κ3) is 4.10. The molecule has 0 heterocycles. The third-order valence-corrected chi connectivity index (χ3v) is 4.85. The van der Waals surface area contributed by atoms with E-state index in [1.54, 1.807) is 18.2 Å². The van der Waals surface area contributed by atoms with Gasteiger partial charge in [-0.05, 0) is 54.8 Å². The Balaban J connectivity index is 2.36. The Morgan fingerprint density at radius 1 is 1.04 bits per heavy atom. The summed E-state index contributed by atoms with van der Waals surface area (Å²) in [4.78, 5) is 10.9. The molecule has 0 aromatic heterocycles. The molecule has 0 fully saturated rings. The summed E-state index contributed by atoms with van der Waals surface area (Å²) in [7, 11) is -3.46. The van der Waals surface area contributed by atoms with Crippen molar-refractivity contribution in [2.75, 3.05) is 10.6 Å². The van der Waals surface area contributed by atoms with Crippen LogP contribution in [-0.4, -0.2) is 25.7 Å². The molecule has 2 aromatic carbocycles. The van der Waals surface area contributed by atoms with Crippen LogP contribution in [0.5, 0.6) is 0 Å². The number of hydrogen-bond donors (Lipinski definition) is 1. The molecule has 2 rings (SSSR count). The lowest BCUT2D eigenvalue weighted by Crippen LogP contribution is -2.29. The molecule has 0 aliphatic heterocycles. The number of sulfonamides is 1. The highest BCUT2D eigenvalue weighted by Crippen LogP contribution is 2.23. The van der Waals surface area contributed by atoms with Gasteiger partial charge in [-0.1, -0.05) is 18.2 Å². The highest BCUT2D eigenvalue weighted by molar-refractivity contribution is 7.92. The number of hydrogen-bond acceptors (Lipinski definition) is 3. The first-order chi connectivity index (χ1) is 10.7. The van der Waals surface area contributed by atoms with E-state index in [1.807, 2.05) is 26.0 Å². The van der Waals surface area contributed by atoms with Gasteiger partial charge in [0.15, 0.2) is 0 Å². The maximum Gasteiger partial charge on any atom is 0.335 e. The summed E-state index contributed by atoms with van der Waals surface area (Å²) in [6.45, 7) is 4.05. The largest absolute Gasteiger partial charge is 0.478 e. The second-order valence-electron chi connectivity index (χ2n) is 5.54. The quantitative estimate of drug-likeness (QED) is 0.913. The molecule has 122 valence electrons. The minimum atomic E-state index is -3.46. The van der Waals surface area contributed by atoms with E-state index >= 15 is 0 Å². The van der Waals surface area contributed by atoms with Crippen molar-refractivity contribution in [3.8, 4) is 0 Å². The molecule has 0 bridgehead atoms. The van der Waals surface area contributed by atoms with Crippen LogP contribution in [0, 0.1) is 13.8 Å². The summed E-state index contributed by atoms with van der Waals surface area (Å²) in [5.41, 5.74) is 3.59. The van der Waals surface area contributed by atoms with E-state index in [2.05, 4.69) is 0 Å². The highest BCUT2D eigenvalue weighted by Gasteiger charge is 2.18. The van der Waals surface area contributed by atoms with Crippen molar-refractivity contribution in [1.29, 1.82) is 0 Å².